The van der Waals surface area contributed by atoms with Gasteiger partial charge in [0.05, 0.1) is 12.0 Å². The highest BCUT2D eigenvalue weighted by atomic mass is 16.5. The number of hydrogen-bond acceptors (Lipinski definition) is 3. The summed E-state index contributed by atoms with van der Waals surface area (Å²) in [6, 6.07) is 9.82. The molecule has 19 heavy (non-hydrogen) atoms. The second kappa shape index (κ2) is 7.29. The Labute approximate surface area is 115 Å². The van der Waals surface area contributed by atoms with Gasteiger partial charge < -0.3 is 9.47 Å². The van der Waals surface area contributed by atoms with Gasteiger partial charge in [-0.1, -0.05) is 37.3 Å². The maximum Gasteiger partial charge on any atom is 0.312 e. The predicted molar refractivity (Wildman–Crippen MR) is 75.8 cm³/mol. The summed E-state index contributed by atoms with van der Waals surface area (Å²) < 4.78 is 10.8. The van der Waals surface area contributed by atoms with E-state index >= 15 is 0 Å². The van der Waals surface area contributed by atoms with Crippen molar-refractivity contribution in [3.8, 4) is 0 Å². The van der Waals surface area contributed by atoms with Crippen LogP contribution >= 0.6 is 0 Å². The third-order valence-corrected chi connectivity index (χ3v) is 3.44. The third kappa shape index (κ3) is 4.67. The Bertz CT molecular complexity index is 384. The van der Waals surface area contributed by atoms with Gasteiger partial charge >= 0.3 is 5.97 Å². The van der Waals surface area contributed by atoms with Crippen molar-refractivity contribution in [2.24, 2.45) is 5.41 Å². The molecule has 1 aromatic carbocycles. The van der Waals surface area contributed by atoms with Crippen LogP contribution in [0.3, 0.4) is 0 Å². The van der Waals surface area contributed by atoms with Crippen molar-refractivity contribution < 1.29 is 14.3 Å². The summed E-state index contributed by atoms with van der Waals surface area (Å²) in [6.45, 7) is 6.38. The molecule has 0 aliphatic carbocycles. The SMILES string of the molecule is CCC(C)(C)C(=O)OC(CCOC)c1ccccc1. The normalized spacial score (nSPS) is 13.1. The second-order valence-electron chi connectivity index (χ2n) is 5.32. The van der Waals surface area contributed by atoms with Crippen LogP contribution in [0.15, 0.2) is 30.3 Å². The monoisotopic (exact) mass is 264 g/mol. The van der Waals surface area contributed by atoms with E-state index in [2.05, 4.69) is 0 Å². The molecule has 0 heterocycles. The summed E-state index contributed by atoms with van der Waals surface area (Å²) in [5.41, 5.74) is 0.569. The van der Waals surface area contributed by atoms with Crippen LogP contribution in [0.5, 0.6) is 0 Å². The number of carbonyl (C=O) groups excluding carboxylic acids is 1. The van der Waals surface area contributed by atoms with E-state index < -0.39 is 5.41 Å². The Hall–Kier alpha value is -1.35. The second-order valence-corrected chi connectivity index (χ2v) is 5.32. The molecule has 106 valence electrons. The van der Waals surface area contributed by atoms with Crippen LogP contribution in [0.25, 0.3) is 0 Å². The fraction of sp³-hybridized carbons (Fsp3) is 0.562. The number of ether oxygens (including phenoxy) is 2. The maximum atomic E-state index is 12.2. The lowest BCUT2D eigenvalue weighted by molar-refractivity contribution is -0.161. The first-order valence-corrected chi connectivity index (χ1v) is 6.76. The molecular formula is C16H24O3. The molecule has 1 aromatic rings. The van der Waals surface area contributed by atoms with Gasteiger partial charge in [-0.05, 0) is 25.8 Å². The molecule has 3 nitrogen and oxygen atoms in total. The van der Waals surface area contributed by atoms with Crippen molar-refractivity contribution in [3.63, 3.8) is 0 Å². The van der Waals surface area contributed by atoms with Crippen molar-refractivity contribution in [2.75, 3.05) is 13.7 Å². The summed E-state index contributed by atoms with van der Waals surface area (Å²) in [7, 11) is 1.65. The van der Waals surface area contributed by atoms with Crippen LogP contribution in [-0.4, -0.2) is 19.7 Å². The largest absolute Gasteiger partial charge is 0.457 e. The first kappa shape index (κ1) is 15.7. The molecule has 1 unspecified atom stereocenters. The van der Waals surface area contributed by atoms with E-state index in [1.165, 1.54) is 0 Å². The van der Waals surface area contributed by atoms with Crippen molar-refractivity contribution in [3.05, 3.63) is 35.9 Å². The predicted octanol–water partition coefficient (Wildman–Crippen LogP) is 3.74. The molecule has 0 aliphatic heterocycles. The molecule has 1 atom stereocenters. The number of benzene rings is 1. The van der Waals surface area contributed by atoms with Crippen LogP contribution < -0.4 is 0 Å². The summed E-state index contributed by atoms with van der Waals surface area (Å²) in [5, 5.41) is 0. The van der Waals surface area contributed by atoms with E-state index in [1.807, 2.05) is 51.1 Å². The lowest BCUT2D eigenvalue weighted by Crippen LogP contribution is -2.27. The molecule has 0 spiro atoms. The molecule has 0 amide bonds. The van der Waals surface area contributed by atoms with Gasteiger partial charge in [-0.25, -0.2) is 0 Å². The quantitative estimate of drug-likeness (QED) is 0.704. The Morgan fingerprint density at radius 2 is 1.89 bits per heavy atom. The highest BCUT2D eigenvalue weighted by molar-refractivity contribution is 5.76. The summed E-state index contributed by atoms with van der Waals surface area (Å²) in [4.78, 5) is 12.2. The zero-order valence-electron chi connectivity index (χ0n) is 12.3. The zero-order chi connectivity index (χ0) is 14.3. The number of carbonyl (C=O) groups is 1. The molecule has 0 N–H and O–H groups in total. The van der Waals surface area contributed by atoms with Crippen LogP contribution in [0, 0.1) is 5.41 Å². The summed E-state index contributed by atoms with van der Waals surface area (Å²) in [6.07, 6.45) is 1.20. The van der Waals surface area contributed by atoms with Crippen molar-refractivity contribution in [2.45, 2.75) is 39.7 Å². The van der Waals surface area contributed by atoms with E-state index in [1.54, 1.807) is 7.11 Å². The van der Waals surface area contributed by atoms with Crippen LogP contribution in [0.1, 0.15) is 45.3 Å². The lowest BCUT2D eigenvalue weighted by atomic mass is 9.90. The van der Waals surface area contributed by atoms with Gasteiger partial charge in [-0.15, -0.1) is 0 Å². The number of esters is 1. The third-order valence-electron chi connectivity index (χ3n) is 3.44. The van der Waals surface area contributed by atoms with Gasteiger partial charge in [-0.3, -0.25) is 4.79 Å². The fourth-order valence-electron chi connectivity index (χ4n) is 1.62. The van der Waals surface area contributed by atoms with Crippen LogP contribution in [0.4, 0.5) is 0 Å². The minimum Gasteiger partial charge on any atom is -0.457 e. The van der Waals surface area contributed by atoms with Crippen molar-refractivity contribution in [1.82, 2.24) is 0 Å². The number of rotatable bonds is 7. The topological polar surface area (TPSA) is 35.5 Å². The van der Waals surface area contributed by atoms with E-state index in [-0.39, 0.29) is 12.1 Å². The molecule has 0 saturated heterocycles. The number of methoxy groups -OCH3 is 1. The summed E-state index contributed by atoms with van der Waals surface area (Å²) >= 11 is 0. The Kier molecular flexibility index (Phi) is 6.03. The van der Waals surface area contributed by atoms with Crippen LogP contribution in [-0.2, 0) is 14.3 Å². The molecule has 1 rings (SSSR count). The van der Waals surface area contributed by atoms with E-state index in [0.717, 1.165) is 12.0 Å². The Morgan fingerprint density at radius 1 is 1.26 bits per heavy atom. The van der Waals surface area contributed by atoms with Gasteiger partial charge in [0.15, 0.2) is 0 Å². The average Bonchev–Trinajstić information content (AvgIpc) is 2.44. The minimum absolute atomic E-state index is 0.153. The van der Waals surface area contributed by atoms with E-state index in [9.17, 15) is 4.79 Å². The van der Waals surface area contributed by atoms with Crippen LogP contribution in [0.2, 0.25) is 0 Å². The van der Waals surface area contributed by atoms with E-state index in [0.29, 0.717) is 13.0 Å². The molecular weight excluding hydrogens is 240 g/mol. The molecule has 0 aliphatic rings. The lowest BCUT2D eigenvalue weighted by Gasteiger charge is -2.25. The molecule has 0 saturated carbocycles. The minimum atomic E-state index is -0.444. The molecule has 0 bridgehead atoms. The highest BCUT2D eigenvalue weighted by Crippen LogP contribution is 2.28. The smallest absolute Gasteiger partial charge is 0.312 e. The molecule has 3 heteroatoms. The Balaban J connectivity index is 2.79. The average molecular weight is 264 g/mol. The molecule has 0 fully saturated rings. The van der Waals surface area contributed by atoms with E-state index in [4.69, 9.17) is 9.47 Å². The van der Waals surface area contributed by atoms with Crippen molar-refractivity contribution >= 4 is 5.97 Å². The molecule has 0 radical (unpaired) electrons. The summed E-state index contributed by atoms with van der Waals surface area (Å²) in [5.74, 6) is -0.153. The van der Waals surface area contributed by atoms with Gasteiger partial charge in [0.25, 0.3) is 0 Å². The highest BCUT2D eigenvalue weighted by Gasteiger charge is 2.29. The van der Waals surface area contributed by atoms with Gasteiger partial charge in [0, 0.05) is 13.5 Å². The zero-order valence-corrected chi connectivity index (χ0v) is 12.3. The molecule has 0 aromatic heterocycles. The van der Waals surface area contributed by atoms with Gasteiger partial charge in [-0.2, -0.15) is 0 Å². The van der Waals surface area contributed by atoms with Gasteiger partial charge in [0.1, 0.15) is 6.10 Å². The van der Waals surface area contributed by atoms with Crippen molar-refractivity contribution in [1.29, 1.82) is 0 Å². The maximum absolute atomic E-state index is 12.2. The fourth-order valence-corrected chi connectivity index (χ4v) is 1.62. The van der Waals surface area contributed by atoms with Gasteiger partial charge in [0.2, 0.25) is 0 Å². The first-order valence-electron chi connectivity index (χ1n) is 6.76. The number of hydrogen-bond donors (Lipinski definition) is 0. The Morgan fingerprint density at radius 3 is 2.42 bits per heavy atom. The standard InChI is InChI=1S/C16H24O3/c1-5-16(2,3)15(17)19-14(11-12-18-4)13-9-7-6-8-10-13/h6-10,14H,5,11-12H2,1-4H3. The first-order chi connectivity index (χ1) is 9.01.